The smallest absolute Gasteiger partial charge is 0.225 e. The molecule has 2 aromatic rings. The van der Waals surface area contributed by atoms with Crippen LogP contribution in [-0.2, 0) is 9.84 Å². The van der Waals surface area contributed by atoms with Crippen molar-refractivity contribution in [1.29, 1.82) is 0 Å². The van der Waals surface area contributed by atoms with Crippen molar-refractivity contribution in [1.82, 2.24) is 9.97 Å². The second kappa shape index (κ2) is 7.39. The van der Waals surface area contributed by atoms with E-state index >= 15 is 0 Å². The summed E-state index contributed by atoms with van der Waals surface area (Å²) in [6.45, 7) is 4.21. The van der Waals surface area contributed by atoms with Gasteiger partial charge in [-0.2, -0.15) is 4.98 Å². The standard InChI is InChI=1S/C18H24N4O2S/c1-3-13(2)19-17-11-16(14-7-5-4-6-8-14)21-18(22-17)20-15-9-10-25(23,24)12-15/h4-8,11,13,15H,3,9-10,12H2,1-2H3,(H2,19,20,21,22). The fraction of sp³-hybridized carbons (Fsp3) is 0.444. The Kier molecular flexibility index (Phi) is 5.22. The number of sulfone groups is 1. The van der Waals surface area contributed by atoms with Gasteiger partial charge in [-0.3, -0.25) is 0 Å². The fourth-order valence-electron chi connectivity index (χ4n) is 2.79. The number of benzene rings is 1. The second-order valence-corrected chi connectivity index (χ2v) is 8.75. The molecule has 1 aromatic carbocycles. The molecule has 1 aliphatic rings. The highest BCUT2D eigenvalue weighted by molar-refractivity contribution is 7.91. The Labute approximate surface area is 149 Å². The average molecular weight is 360 g/mol. The van der Waals surface area contributed by atoms with E-state index in [4.69, 9.17) is 0 Å². The first-order valence-electron chi connectivity index (χ1n) is 8.63. The number of hydrogen-bond acceptors (Lipinski definition) is 6. The third-order valence-corrected chi connectivity index (χ3v) is 6.14. The molecule has 2 unspecified atom stereocenters. The molecule has 2 atom stereocenters. The molecule has 1 aromatic heterocycles. The highest BCUT2D eigenvalue weighted by atomic mass is 32.2. The van der Waals surface area contributed by atoms with Gasteiger partial charge in [0.05, 0.1) is 17.2 Å². The van der Waals surface area contributed by atoms with Crippen molar-refractivity contribution in [3.05, 3.63) is 36.4 Å². The van der Waals surface area contributed by atoms with Crippen molar-refractivity contribution >= 4 is 21.6 Å². The van der Waals surface area contributed by atoms with E-state index < -0.39 is 9.84 Å². The number of nitrogens with zero attached hydrogens (tertiary/aromatic N) is 2. The van der Waals surface area contributed by atoms with Crippen molar-refractivity contribution in [2.75, 3.05) is 22.1 Å². The van der Waals surface area contributed by atoms with Gasteiger partial charge in [0, 0.05) is 23.7 Å². The van der Waals surface area contributed by atoms with Crippen LogP contribution in [0.2, 0.25) is 0 Å². The molecule has 0 saturated carbocycles. The Bertz CT molecular complexity index is 824. The zero-order chi connectivity index (χ0) is 17.9. The summed E-state index contributed by atoms with van der Waals surface area (Å²) < 4.78 is 23.4. The molecule has 3 rings (SSSR count). The number of aromatic nitrogens is 2. The van der Waals surface area contributed by atoms with Gasteiger partial charge < -0.3 is 10.6 Å². The van der Waals surface area contributed by atoms with Crippen molar-refractivity contribution in [2.45, 2.75) is 38.8 Å². The molecule has 1 aliphatic heterocycles. The van der Waals surface area contributed by atoms with Gasteiger partial charge in [0.1, 0.15) is 5.82 Å². The highest BCUT2D eigenvalue weighted by Crippen LogP contribution is 2.23. The summed E-state index contributed by atoms with van der Waals surface area (Å²) in [4.78, 5) is 9.12. The fourth-order valence-corrected chi connectivity index (χ4v) is 4.46. The highest BCUT2D eigenvalue weighted by Gasteiger charge is 2.28. The van der Waals surface area contributed by atoms with E-state index in [1.807, 2.05) is 36.4 Å². The normalized spacial score (nSPS) is 20.2. The molecule has 0 aliphatic carbocycles. The van der Waals surface area contributed by atoms with Gasteiger partial charge >= 0.3 is 0 Å². The first-order chi connectivity index (χ1) is 11.9. The van der Waals surface area contributed by atoms with Crippen LogP contribution in [0.3, 0.4) is 0 Å². The third kappa shape index (κ3) is 4.69. The zero-order valence-electron chi connectivity index (χ0n) is 14.6. The molecule has 1 fully saturated rings. The molecular formula is C18H24N4O2S. The van der Waals surface area contributed by atoms with Crippen LogP contribution in [0.4, 0.5) is 11.8 Å². The first-order valence-corrected chi connectivity index (χ1v) is 10.5. The lowest BCUT2D eigenvalue weighted by molar-refractivity contribution is 0.602. The molecule has 0 amide bonds. The van der Waals surface area contributed by atoms with Crippen LogP contribution in [0, 0.1) is 0 Å². The van der Waals surface area contributed by atoms with E-state index in [1.54, 1.807) is 0 Å². The van der Waals surface area contributed by atoms with Crippen molar-refractivity contribution in [3.8, 4) is 11.3 Å². The van der Waals surface area contributed by atoms with E-state index in [-0.39, 0.29) is 17.5 Å². The predicted octanol–water partition coefficient (Wildman–Crippen LogP) is 2.95. The Hall–Kier alpha value is -2.15. The largest absolute Gasteiger partial charge is 0.367 e. The van der Waals surface area contributed by atoms with E-state index in [2.05, 4.69) is 34.4 Å². The third-order valence-electron chi connectivity index (χ3n) is 4.37. The SMILES string of the molecule is CCC(C)Nc1cc(-c2ccccc2)nc(NC2CCS(=O)(=O)C2)n1. The zero-order valence-corrected chi connectivity index (χ0v) is 15.4. The Balaban J connectivity index is 1.89. The number of hydrogen-bond donors (Lipinski definition) is 2. The molecule has 0 radical (unpaired) electrons. The summed E-state index contributed by atoms with van der Waals surface area (Å²) in [7, 11) is -2.94. The second-order valence-electron chi connectivity index (χ2n) is 6.53. The van der Waals surface area contributed by atoms with Crippen LogP contribution in [0.5, 0.6) is 0 Å². The molecule has 134 valence electrons. The summed E-state index contributed by atoms with van der Waals surface area (Å²) in [6, 6.07) is 12.0. The van der Waals surface area contributed by atoms with Gasteiger partial charge in [-0.15, -0.1) is 0 Å². The van der Waals surface area contributed by atoms with E-state index in [0.29, 0.717) is 18.4 Å². The van der Waals surface area contributed by atoms with Gasteiger partial charge in [-0.05, 0) is 19.8 Å². The van der Waals surface area contributed by atoms with Crippen molar-refractivity contribution in [3.63, 3.8) is 0 Å². The summed E-state index contributed by atoms with van der Waals surface area (Å²) in [5.74, 6) is 1.57. The minimum atomic E-state index is -2.94. The van der Waals surface area contributed by atoms with Crippen molar-refractivity contribution in [2.24, 2.45) is 0 Å². The molecule has 0 spiro atoms. The topological polar surface area (TPSA) is 84.0 Å². The molecule has 2 N–H and O–H groups in total. The van der Waals surface area contributed by atoms with E-state index in [0.717, 1.165) is 23.5 Å². The van der Waals surface area contributed by atoms with Gasteiger partial charge in [0.2, 0.25) is 5.95 Å². The first kappa shape index (κ1) is 17.7. The number of anilines is 2. The predicted molar refractivity (Wildman–Crippen MR) is 102 cm³/mol. The van der Waals surface area contributed by atoms with Crippen LogP contribution in [-0.4, -0.2) is 42.0 Å². The van der Waals surface area contributed by atoms with Crippen LogP contribution in [0.25, 0.3) is 11.3 Å². The Morgan fingerprint density at radius 1 is 1.24 bits per heavy atom. The summed E-state index contributed by atoms with van der Waals surface area (Å²) in [5.41, 5.74) is 1.81. The number of nitrogens with one attached hydrogen (secondary N) is 2. The Morgan fingerprint density at radius 2 is 2.00 bits per heavy atom. The van der Waals surface area contributed by atoms with Crippen LogP contribution in [0.15, 0.2) is 36.4 Å². The van der Waals surface area contributed by atoms with Gasteiger partial charge in [0.25, 0.3) is 0 Å². The molecule has 25 heavy (non-hydrogen) atoms. The van der Waals surface area contributed by atoms with Crippen LogP contribution >= 0.6 is 0 Å². The lowest BCUT2D eigenvalue weighted by Crippen LogP contribution is -2.23. The monoisotopic (exact) mass is 360 g/mol. The maximum Gasteiger partial charge on any atom is 0.225 e. The lowest BCUT2D eigenvalue weighted by atomic mass is 10.1. The average Bonchev–Trinajstić information content (AvgIpc) is 2.93. The molecule has 6 nitrogen and oxygen atoms in total. The molecular weight excluding hydrogens is 336 g/mol. The lowest BCUT2D eigenvalue weighted by Gasteiger charge is -2.16. The molecule has 2 heterocycles. The van der Waals surface area contributed by atoms with Gasteiger partial charge in [-0.25, -0.2) is 13.4 Å². The quantitative estimate of drug-likeness (QED) is 0.824. The summed E-state index contributed by atoms with van der Waals surface area (Å²) in [6.07, 6.45) is 1.57. The summed E-state index contributed by atoms with van der Waals surface area (Å²) >= 11 is 0. The minimum absolute atomic E-state index is 0.132. The van der Waals surface area contributed by atoms with Crippen molar-refractivity contribution < 1.29 is 8.42 Å². The molecule has 7 heteroatoms. The minimum Gasteiger partial charge on any atom is -0.367 e. The van der Waals surface area contributed by atoms with Gasteiger partial charge in [-0.1, -0.05) is 37.3 Å². The van der Waals surface area contributed by atoms with E-state index in [1.165, 1.54) is 0 Å². The maximum absolute atomic E-state index is 11.7. The van der Waals surface area contributed by atoms with Crippen LogP contribution in [0.1, 0.15) is 26.7 Å². The summed E-state index contributed by atoms with van der Waals surface area (Å²) in [5, 5.41) is 6.57. The molecule has 0 bridgehead atoms. The van der Waals surface area contributed by atoms with Gasteiger partial charge in [0.15, 0.2) is 9.84 Å². The molecule has 1 saturated heterocycles. The van der Waals surface area contributed by atoms with E-state index in [9.17, 15) is 8.42 Å². The Morgan fingerprint density at radius 3 is 2.64 bits per heavy atom. The maximum atomic E-state index is 11.7. The van der Waals surface area contributed by atoms with Crippen LogP contribution < -0.4 is 10.6 Å². The number of rotatable bonds is 6.